The van der Waals surface area contributed by atoms with Gasteiger partial charge in [0.25, 0.3) is 11.8 Å². The van der Waals surface area contributed by atoms with E-state index in [1.54, 1.807) is 35.2 Å². The Morgan fingerprint density at radius 3 is 1.67 bits per heavy atom. The van der Waals surface area contributed by atoms with Crippen molar-refractivity contribution in [3.63, 3.8) is 0 Å². The van der Waals surface area contributed by atoms with Gasteiger partial charge in [-0.15, -0.1) is 0 Å². The molecule has 9 amide bonds. The number of aliphatic hydroxyl groups excluding tert-OH is 1. The molecule has 0 spiro atoms. The molecule has 19 nitrogen and oxygen atoms in total. The summed E-state index contributed by atoms with van der Waals surface area (Å²) in [6.07, 6.45) is 1.38. The lowest BCUT2D eigenvalue weighted by Gasteiger charge is -2.37. The first-order chi connectivity index (χ1) is 32.3. The van der Waals surface area contributed by atoms with E-state index in [2.05, 4.69) is 16.0 Å². The van der Waals surface area contributed by atoms with E-state index in [9.17, 15) is 48.3 Å². The molecule has 2 saturated heterocycles. The monoisotopic (exact) mass is 968 g/mol. The largest absolute Gasteiger partial charge is 0.391 e. The molecule has 3 rings (SSSR count). The Morgan fingerprint density at radius 1 is 0.580 bits per heavy atom. The van der Waals surface area contributed by atoms with E-state index in [0.717, 1.165) is 24.2 Å². The minimum Gasteiger partial charge on any atom is -0.391 e. The molecule has 0 saturated carbocycles. The molecule has 0 aliphatic carbocycles. The third kappa shape index (κ3) is 16.8. The highest BCUT2D eigenvalue weighted by Crippen LogP contribution is 2.20. The van der Waals surface area contributed by atoms with Crippen LogP contribution in [-0.2, 0) is 49.6 Å². The number of piperidine rings is 1. The van der Waals surface area contributed by atoms with Crippen molar-refractivity contribution in [1.29, 1.82) is 0 Å². The van der Waals surface area contributed by atoms with Gasteiger partial charge >= 0.3 is 0 Å². The molecular formula is C50H81N9O10. The quantitative estimate of drug-likeness (QED) is 0.247. The van der Waals surface area contributed by atoms with Crippen LogP contribution in [0.25, 0.3) is 0 Å². The van der Waals surface area contributed by atoms with Crippen LogP contribution in [0.15, 0.2) is 30.3 Å². The Hall–Kier alpha value is -5.59. The van der Waals surface area contributed by atoms with E-state index in [1.807, 2.05) is 41.5 Å². The molecule has 0 bridgehead atoms. The lowest BCUT2D eigenvalue weighted by atomic mass is 9.97. The fourth-order valence-corrected chi connectivity index (χ4v) is 8.71. The number of carbonyl (C=O) groups excluding carboxylic acids is 9. The van der Waals surface area contributed by atoms with E-state index in [1.165, 1.54) is 61.8 Å². The van der Waals surface area contributed by atoms with Crippen molar-refractivity contribution in [3.05, 3.63) is 35.9 Å². The van der Waals surface area contributed by atoms with Crippen LogP contribution < -0.4 is 16.0 Å². The molecule has 2 aliphatic heterocycles. The Kier molecular flexibility index (Phi) is 22.6. The summed E-state index contributed by atoms with van der Waals surface area (Å²) in [5.74, 6) is -6.31. The summed E-state index contributed by atoms with van der Waals surface area (Å²) in [5.41, 5.74) is 0.675. The van der Waals surface area contributed by atoms with Gasteiger partial charge in [-0.1, -0.05) is 71.9 Å². The third-order valence-electron chi connectivity index (χ3n) is 12.9. The lowest BCUT2D eigenvalue weighted by molar-refractivity contribution is -0.151. The van der Waals surface area contributed by atoms with Crippen LogP contribution >= 0.6 is 0 Å². The summed E-state index contributed by atoms with van der Waals surface area (Å²) in [7, 11) is 7.17. The van der Waals surface area contributed by atoms with Crippen molar-refractivity contribution in [2.75, 3.05) is 61.4 Å². The molecule has 19 heteroatoms. The molecule has 386 valence electrons. The fraction of sp³-hybridized carbons (Fsp3) is 0.700. The molecule has 1 aromatic rings. The number of aliphatic hydroxyl groups is 1. The zero-order valence-corrected chi connectivity index (χ0v) is 43.2. The van der Waals surface area contributed by atoms with Gasteiger partial charge in [-0.3, -0.25) is 43.2 Å². The SMILES string of the molecule is CC(C)C[C@@H]1NC(=O)[C@H](CC(C)C)N(C)C(=O)[C@H](Cc2ccccc2)N(C)C(=O)[C@H](C(C)O)NC(=O)[C@H](CC(C)C)N(C)C(=O)CN(C)C(=O)CCCN(C)C(=O)C(C(=O)N2CCCCC2)NC1=O. The smallest absolute Gasteiger partial charge is 0.254 e. The van der Waals surface area contributed by atoms with Gasteiger partial charge in [-0.25, -0.2) is 0 Å². The molecule has 2 fully saturated rings. The van der Waals surface area contributed by atoms with Crippen molar-refractivity contribution < 1.29 is 48.3 Å². The Balaban J connectivity index is 2.20. The number of hydrogen-bond acceptors (Lipinski definition) is 10. The number of likely N-dealkylation sites (N-methyl/N-ethyl adjacent to an activating group) is 5. The molecule has 7 atom stereocenters. The summed E-state index contributed by atoms with van der Waals surface area (Å²) in [6.45, 7) is 12.9. The highest BCUT2D eigenvalue weighted by atomic mass is 16.3. The van der Waals surface area contributed by atoms with Crippen molar-refractivity contribution in [2.24, 2.45) is 17.8 Å². The average molecular weight is 968 g/mol. The summed E-state index contributed by atoms with van der Waals surface area (Å²) >= 11 is 0. The van der Waals surface area contributed by atoms with Gasteiger partial charge < -0.3 is 50.5 Å². The van der Waals surface area contributed by atoms with E-state index >= 15 is 0 Å². The molecule has 0 radical (unpaired) electrons. The Labute approximate surface area is 409 Å². The standard InChI is InChI=1S/C50H81N9O10/c1-31(2)26-36-44(63)53-43(50(69)59-24-17-14-18-25-59)48(67)54(8)23-19-22-40(61)55(9)30-41(62)56(10)37(27-32(3)4)46(65)52-42(34(7)60)49(68)58(12)39(29-35-20-15-13-16-21-35)47(66)57(11)38(28-33(5)6)45(64)51-36/h13,15-16,20-21,31-34,36-39,42-43,60H,14,17-19,22-30H2,1-12H3,(H,51,64)(H,52,65)(H,53,63)/t34?,36-,37-,38-,39-,42-,43?/m0/s1. The molecule has 2 unspecified atom stereocenters. The number of hydrogen-bond donors (Lipinski definition) is 4. The second kappa shape index (κ2) is 27.0. The maximum Gasteiger partial charge on any atom is 0.254 e. The van der Waals surface area contributed by atoms with E-state index < -0.39 is 102 Å². The van der Waals surface area contributed by atoms with E-state index in [0.29, 0.717) is 18.7 Å². The van der Waals surface area contributed by atoms with Gasteiger partial charge in [0.15, 0.2) is 6.04 Å². The maximum absolute atomic E-state index is 15.0. The van der Waals surface area contributed by atoms with Crippen molar-refractivity contribution in [1.82, 2.24) is 45.3 Å². The van der Waals surface area contributed by atoms with E-state index in [-0.39, 0.29) is 62.8 Å². The van der Waals surface area contributed by atoms with Gasteiger partial charge in [0.1, 0.15) is 30.2 Å². The zero-order valence-electron chi connectivity index (χ0n) is 43.2. The highest BCUT2D eigenvalue weighted by Gasteiger charge is 2.42. The topological polar surface area (TPSA) is 229 Å². The number of amides is 9. The van der Waals surface area contributed by atoms with Gasteiger partial charge in [0, 0.05) is 67.7 Å². The maximum atomic E-state index is 15.0. The van der Waals surface area contributed by atoms with Crippen LogP contribution in [0.1, 0.15) is 105 Å². The van der Waals surface area contributed by atoms with Gasteiger partial charge in [-0.2, -0.15) is 0 Å². The molecule has 1 aromatic carbocycles. The summed E-state index contributed by atoms with van der Waals surface area (Å²) in [6, 6.07) is 0.906. The number of benzene rings is 1. The third-order valence-corrected chi connectivity index (χ3v) is 12.9. The van der Waals surface area contributed by atoms with Crippen LogP contribution in [0.4, 0.5) is 0 Å². The molecule has 0 aromatic heterocycles. The minimum atomic E-state index is -1.64. The molecule has 69 heavy (non-hydrogen) atoms. The fourth-order valence-electron chi connectivity index (χ4n) is 8.71. The van der Waals surface area contributed by atoms with Crippen molar-refractivity contribution in [3.8, 4) is 0 Å². The second-order valence-corrected chi connectivity index (χ2v) is 20.3. The zero-order chi connectivity index (χ0) is 51.9. The van der Waals surface area contributed by atoms with Gasteiger partial charge in [0.2, 0.25) is 41.4 Å². The number of carbonyl (C=O) groups is 9. The normalized spacial score (nSPS) is 25.1. The van der Waals surface area contributed by atoms with Crippen LogP contribution in [0, 0.1) is 17.8 Å². The van der Waals surface area contributed by atoms with Gasteiger partial charge in [-0.05, 0) is 75.2 Å². The first kappa shape index (κ1) is 57.7. The van der Waals surface area contributed by atoms with Crippen LogP contribution in [-0.4, -0.2) is 191 Å². The molecule has 4 N–H and O–H groups in total. The second-order valence-electron chi connectivity index (χ2n) is 20.3. The minimum absolute atomic E-state index is 0.0184. The van der Waals surface area contributed by atoms with Crippen molar-refractivity contribution in [2.45, 2.75) is 149 Å². The Morgan fingerprint density at radius 2 is 1.12 bits per heavy atom. The molecule has 2 heterocycles. The summed E-state index contributed by atoms with van der Waals surface area (Å²) < 4.78 is 0. The summed E-state index contributed by atoms with van der Waals surface area (Å²) in [5, 5.41) is 19.3. The molecular weight excluding hydrogens is 887 g/mol. The van der Waals surface area contributed by atoms with E-state index in [4.69, 9.17) is 0 Å². The lowest BCUT2D eigenvalue weighted by Crippen LogP contribution is -2.63. The van der Waals surface area contributed by atoms with Crippen LogP contribution in [0.5, 0.6) is 0 Å². The average Bonchev–Trinajstić information content (AvgIpc) is 3.30. The first-order valence-corrected chi connectivity index (χ1v) is 24.6. The number of likely N-dealkylation sites (tertiary alicyclic amines) is 1. The Bertz CT molecular complexity index is 1940. The number of rotatable bonds is 10. The first-order valence-electron chi connectivity index (χ1n) is 24.6. The highest BCUT2D eigenvalue weighted by molar-refractivity contribution is 6.07. The van der Waals surface area contributed by atoms with Crippen LogP contribution in [0.2, 0.25) is 0 Å². The summed E-state index contributed by atoms with van der Waals surface area (Å²) in [4.78, 5) is 136. The van der Waals surface area contributed by atoms with Crippen molar-refractivity contribution >= 4 is 53.2 Å². The number of nitrogens with one attached hydrogen (secondary N) is 3. The predicted molar refractivity (Wildman–Crippen MR) is 261 cm³/mol. The van der Waals surface area contributed by atoms with Crippen LogP contribution in [0.3, 0.4) is 0 Å². The predicted octanol–water partition coefficient (Wildman–Crippen LogP) is 1.41. The number of nitrogens with zero attached hydrogens (tertiary/aromatic N) is 6. The molecule has 2 aliphatic rings. The van der Waals surface area contributed by atoms with Gasteiger partial charge in [0.05, 0.1) is 12.6 Å².